The van der Waals surface area contributed by atoms with E-state index in [-0.39, 0.29) is 0 Å². The van der Waals surface area contributed by atoms with E-state index in [4.69, 9.17) is 10.5 Å². The Hall–Kier alpha value is -1.06. The van der Waals surface area contributed by atoms with E-state index in [9.17, 15) is 0 Å². The molecule has 0 atom stereocenters. The first-order valence-corrected chi connectivity index (χ1v) is 6.69. The molecule has 0 radical (unpaired) electrons. The van der Waals surface area contributed by atoms with Crippen LogP contribution in [-0.2, 0) is 11.3 Å². The quantitative estimate of drug-likeness (QED) is 0.569. The molecule has 0 saturated heterocycles. The van der Waals surface area contributed by atoms with Gasteiger partial charge in [-0.1, -0.05) is 32.0 Å². The largest absolute Gasteiger partial charge is 0.398 e. The molecule has 0 bridgehead atoms. The predicted octanol–water partition coefficient (Wildman–Crippen LogP) is 2.76. The topological polar surface area (TPSA) is 38.5 Å². The van der Waals surface area contributed by atoms with E-state index in [0.29, 0.717) is 5.92 Å². The maximum absolute atomic E-state index is 5.92. The highest BCUT2D eigenvalue weighted by Gasteiger charge is 2.03. The molecule has 0 amide bonds. The number of rotatable bonds is 8. The highest BCUT2D eigenvalue weighted by molar-refractivity contribution is 5.46. The fourth-order valence-corrected chi connectivity index (χ4v) is 1.69. The molecule has 0 fully saturated rings. The molecule has 18 heavy (non-hydrogen) atoms. The molecule has 0 saturated carbocycles. The van der Waals surface area contributed by atoms with Crippen LogP contribution in [0.4, 0.5) is 5.69 Å². The van der Waals surface area contributed by atoms with Crippen molar-refractivity contribution in [2.45, 2.75) is 26.8 Å². The zero-order valence-corrected chi connectivity index (χ0v) is 11.9. The third-order valence-corrected chi connectivity index (χ3v) is 2.95. The number of ether oxygens (including phenoxy) is 1. The second-order valence-corrected chi connectivity index (χ2v) is 5.23. The van der Waals surface area contributed by atoms with E-state index in [1.807, 2.05) is 18.2 Å². The van der Waals surface area contributed by atoms with Gasteiger partial charge < -0.3 is 10.5 Å². The van der Waals surface area contributed by atoms with Crippen LogP contribution >= 0.6 is 0 Å². The molecule has 102 valence electrons. The zero-order valence-electron chi connectivity index (χ0n) is 11.9. The smallest absolute Gasteiger partial charge is 0.0593 e. The molecule has 0 spiro atoms. The molecule has 0 aliphatic rings. The molecule has 1 aromatic rings. The number of nitrogens with zero attached hydrogens (tertiary/aromatic N) is 1. The Balaban J connectivity index is 2.18. The van der Waals surface area contributed by atoms with E-state index in [0.717, 1.165) is 38.4 Å². The number of hydrogen-bond donors (Lipinski definition) is 1. The first-order chi connectivity index (χ1) is 8.59. The summed E-state index contributed by atoms with van der Waals surface area (Å²) in [6, 6.07) is 8.01. The second kappa shape index (κ2) is 8.11. The van der Waals surface area contributed by atoms with E-state index < -0.39 is 0 Å². The molecule has 2 N–H and O–H groups in total. The van der Waals surface area contributed by atoms with Crippen LogP contribution in [0.5, 0.6) is 0 Å². The van der Waals surface area contributed by atoms with Crippen molar-refractivity contribution >= 4 is 5.69 Å². The maximum atomic E-state index is 5.92. The van der Waals surface area contributed by atoms with Crippen LogP contribution in [0.2, 0.25) is 0 Å². The van der Waals surface area contributed by atoms with Gasteiger partial charge in [-0.2, -0.15) is 0 Å². The second-order valence-electron chi connectivity index (χ2n) is 5.23. The normalized spacial score (nSPS) is 11.4. The third-order valence-electron chi connectivity index (χ3n) is 2.95. The van der Waals surface area contributed by atoms with Gasteiger partial charge in [0.15, 0.2) is 0 Å². The van der Waals surface area contributed by atoms with Crippen molar-refractivity contribution in [2.75, 3.05) is 32.5 Å². The van der Waals surface area contributed by atoms with Crippen molar-refractivity contribution in [3.05, 3.63) is 29.8 Å². The fraction of sp³-hybridized carbons (Fsp3) is 0.600. The van der Waals surface area contributed by atoms with Crippen molar-refractivity contribution in [1.29, 1.82) is 0 Å². The van der Waals surface area contributed by atoms with Crippen molar-refractivity contribution in [3.63, 3.8) is 0 Å². The highest BCUT2D eigenvalue weighted by Crippen LogP contribution is 2.12. The molecule has 3 nitrogen and oxygen atoms in total. The zero-order chi connectivity index (χ0) is 13.4. The lowest BCUT2D eigenvalue weighted by molar-refractivity contribution is 0.101. The Morgan fingerprint density at radius 1 is 1.22 bits per heavy atom. The Bertz CT molecular complexity index is 339. The van der Waals surface area contributed by atoms with Crippen LogP contribution in [0.15, 0.2) is 24.3 Å². The maximum Gasteiger partial charge on any atom is 0.0593 e. The number of nitrogen functional groups attached to an aromatic ring is 1. The lowest BCUT2D eigenvalue weighted by Crippen LogP contribution is -2.23. The first-order valence-electron chi connectivity index (χ1n) is 6.69. The average Bonchev–Trinajstić information content (AvgIpc) is 2.31. The molecular weight excluding hydrogens is 224 g/mol. The molecule has 0 aromatic heterocycles. The van der Waals surface area contributed by atoms with E-state index in [2.05, 4.69) is 31.9 Å². The molecule has 0 heterocycles. The van der Waals surface area contributed by atoms with Gasteiger partial charge in [0.25, 0.3) is 0 Å². The van der Waals surface area contributed by atoms with Gasteiger partial charge >= 0.3 is 0 Å². The van der Waals surface area contributed by atoms with Gasteiger partial charge in [-0.15, -0.1) is 0 Å². The van der Waals surface area contributed by atoms with Crippen LogP contribution in [0.1, 0.15) is 25.8 Å². The third kappa shape index (κ3) is 6.03. The Labute approximate surface area is 111 Å². The van der Waals surface area contributed by atoms with E-state index in [1.54, 1.807) is 0 Å². The van der Waals surface area contributed by atoms with Gasteiger partial charge in [0.05, 0.1) is 6.61 Å². The monoisotopic (exact) mass is 250 g/mol. The Morgan fingerprint density at radius 2 is 1.94 bits per heavy atom. The minimum absolute atomic E-state index is 0.715. The summed E-state index contributed by atoms with van der Waals surface area (Å²) in [5.74, 6) is 0.715. The van der Waals surface area contributed by atoms with E-state index >= 15 is 0 Å². The summed E-state index contributed by atoms with van der Waals surface area (Å²) >= 11 is 0. The van der Waals surface area contributed by atoms with Crippen molar-refractivity contribution in [1.82, 2.24) is 4.90 Å². The Kier molecular flexibility index (Phi) is 6.76. The SMILES string of the molecule is CC(C)CCOCCN(C)Cc1ccccc1N. The molecule has 1 aromatic carbocycles. The molecule has 0 unspecified atom stereocenters. The summed E-state index contributed by atoms with van der Waals surface area (Å²) < 4.78 is 5.61. The van der Waals surface area contributed by atoms with Crippen LogP contribution in [0.25, 0.3) is 0 Å². The number of para-hydroxylation sites is 1. The van der Waals surface area contributed by atoms with E-state index in [1.165, 1.54) is 5.56 Å². The van der Waals surface area contributed by atoms with Crippen molar-refractivity contribution < 1.29 is 4.74 Å². The summed E-state index contributed by atoms with van der Waals surface area (Å²) in [7, 11) is 2.10. The summed E-state index contributed by atoms with van der Waals surface area (Å²) in [6.07, 6.45) is 1.13. The summed E-state index contributed by atoms with van der Waals surface area (Å²) in [6.45, 7) is 7.89. The van der Waals surface area contributed by atoms with Crippen molar-refractivity contribution in [2.24, 2.45) is 5.92 Å². The molecule has 3 heteroatoms. The first kappa shape index (κ1) is 15.0. The lowest BCUT2D eigenvalue weighted by Gasteiger charge is -2.18. The average molecular weight is 250 g/mol. The number of likely N-dealkylation sites (N-methyl/N-ethyl adjacent to an activating group) is 1. The number of hydrogen-bond acceptors (Lipinski definition) is 3. The molecule has 1 rings (SSSR count). The highest BCUT2D eigenvalue weighted by atomic mass is 16.5. The fourth-order valence-electron chi connectivity index (χ4n) is 1.69. The minimum Gasteiger partial charge on any atom is -0.398 e. The standard InChI is InChI=1S/C15H26N2O/c1-13(2)8-10-18-11-9-17(3)12-14-6-4-5-7-15(14)16/h4-7,13H,8-12,16H2,1-3H3. The molecule has 0 aliphatic heterocycles. The summed E-state index contributed by atoms with van der Waals surface area (Å²) in [5.41, 5.74) is 7.97. The van der Waals surface area contributed by atoms with Gasteiger partial charge in [0.2, 0.25) is 0 Å². The molecule has 0 aliphatic carbocycles. The van der Waals surface area contributed by atoms with Gasteiger partial charge in [0, 0.05) is 25.4 Å². The number of benzene rings is 1. The van der Waals surface area contributed by atoms with Crippen LogP contribution < -0.4 is 5.73 Å². The van der Waals surface area contributed by atoms with Crippen molar-refractivity contribution in [3.8, 4) is 0 Å². The summed E-state index contributed by atoms with van der Waals surface area (Å²) in [4.78, 5) is 2.24. The van der Waals surface area contributed by atoms with Crippen LogP contribution in [-0.4, -0.2) is 31.7 Å². The predicted molar refractivity (Wildman–Crippen MR) is 77.5 cm³/mol. The molecular formula is C15H26N2O. The number of nitrogens with two attached hydrogens (primary N) is 1. The van der Waals surface area contributed by atoms with Gasteiger partial charge in [-0.05, 0) is 31.0 Å². The minimum atomic E-state index is 0.715. The van der Waals surface area contributed by atoms with Gasteiger partial charge in [0.1, 0.15) is 0 Å². The summed E-state index contributed by atoms with van der Waals surface area (Å²) in [5, 5.41) is 0. The lowest BCUT2D eigenvalue weighted by atomic mass is 10.1. The van der Waals surface area contributed by atoms with Gasteiger partial charge in [-0.25, -0.2) is 0 Å². The van der Waals surface area contributed by atoms with Gasteiger partial charge in [-0.3, -0.25) is 4.90 Å². The van der Waals surface area contributed by atoms with Crippen LogP contribution in [0.3, 0.4) is 0 Å². The van der Waals surface area contributed by atoms with Crippen LogP contribution in [0, 0.1) is 5.92 Å². The Morgan fingerprint density at radius 3 is 2.61 bits per heavy atom. The number of anilines is 1.